The quantitative estimate of drug-likeness (QED) is 0.194. The Bertz CT molecular complexity index is 1520. The van der Waals surface area contributed by atoms with Crippen molar-refractivity contribution in [3.05, 3.63) is 124 Å². The summed E-state index contributed by atoms with van der Waals surface area (Å²) in [5, 5.41) is 5.42. The number of pyridine rings is 1. The third kappa shape index (κ3) is 7.29. The van der Waals surface area contributed by atoms with Crippen LogP contribution >= 0.6 is 11.6 Å². The first-order valence-electron chi connectivity index (χ1n) is 12.0. The SMILES string of the molecule is Cc1ccc(C[C@](NC(=O)Nc2cccc(F)c2)(c2cc(F)cc(OC(F)(F)C(F)F)c2)c2ccc(Cl)cn2)cc1. The summed E-state index contributed by atoms with van der Waals surface area (Å²) in [5.41, 5.74) is -0.288. The van der Waals surface area contributed by atoms with Gasteiger partial charge in [-0.3, -0.25) is 4.98 Å². The number of amides is 2. The summed E-state index contributed by atoms with van der Waals surface area (Å²) >= 11 is 6.03. The van der Waals surface area contributed by atoms with Gasteiger partial charge < -0.3 is 15.4 Å². The second-order valence-corrected chi connectivity index (χ2v) is 9.60. The van der Waals surface area contributed by atoms with Crippen LogP contribution in [-0.2, 0) is 12.0 Å². The highest BCUT2D eigenvalue weighted by molar-refractivity contribution is 6.30. The molecule has 0 unspecified atom stereocenters. The van der Waals surface area contributed by atoms with Gasteiger partial charge in [0.2, 0.25) is 0 Å². The highest BCUT2D eigenvalue weighted by atomic mass is 35.5. The molecule has 0 aliphatic heterocycles. The average Bonchev–Trinajstić information content (AvgIpc) is 2.89. The number of aromatic nitrogens is 1. The second-order valence-electron chi connectivity index (χ2n) is 9.16. The molecule has 0 aliphatic carbocycles. The van der Waals surface area contributed by atoms with E-state index >= 15 is 0 Å². The number of carbonyl (C=O) groups excluding carboxylic acids is 1. The molecule has 0 saturated carbocycles. The first-order valence-corrected chi connectivity index (χ1v) is 12.4. The molecule has 1 heterocycles. The van der Waals surface area contributed by atoms with Crippen molar-refractivity contribution in [1.29, 1.82) is 0 Å². The number of aryl methyl sites for hydroxylation is 1. The van der Waals surface area contributed by atoms with E-state index in [-0.39, 0.29) is 28.4 Å². The number of ether oxygens (including phenoxy) is 1. The van der Waals surface area contributed by atoms with Crippen LogP contribution in [-0.4, -0.2) is 23.5 Å². The number of alkyl halides is 4. The Labute approximate surface area is 236 Å². The van der Waals surface area contributed by atoms with Crippen LogP contribution < -0.4 is 15.4 Å². The van der Waals surface area contributed by atoms with E-state index in [2.05, 4.69) is 20.4 Å². The lowest BCUT2D eigenvalue weighted by Crippen LogP contribution is -2.50. The van der Waals surface area contributed by atoms with E-state index in [1.807, 2.05) is 6.92 Å². The molecular weight excluding hydrogens is 572 g/mol. The Morgan fingerprint density at radius 2 is 1.71 bits per heavy atom. The van der Waals surface area contributed by atoms with E-state index in [0.717, 1.165) is 23.8 Å². The summed E-state index contributed by atoms with van der Waals surface area (Å²) in [4.78, 5) is 17.7. The molecule has 214 valence electrons. The topological polar surface area (TPSA) is 63.2 Å². The predicted octanol–water partition coefficient (Wildman–Crippen LogP) is 7.87. The van der Waals surface area contributed by atoms with Crippen LogP contribution in [0.2, 0.25) is 5.02 Å². The van der Waals surface area contributed by atoms with Crippen molar-refractivity contribution in [2.24, 2.45) is 0 Å². The van der Waals surface area contributed by atoms with Gasteiger partial charge in [0, 0.05) is 24.4 Å². The Balaban J connectivity index is 1.89. The van der Waals surface area contributed by atoms with Crippen molar-refractivity contribution in [2.75, 3.05) is 5.32 Å². The lowest BCUT2D eigenvalue weighted by Gasteiger charge is -2.36. The Morgan fingerprint density at radius 3 is 2.34 bits per heavy atom. The molecule has 3 aromatic carbocycles. The summed E-state index contributed by atoms with van der Waals surface area (Å²) in [7, 11) is 0. The molecule has 1 aromatic heterocycles. The number of nitrogens with one attached hydrogen (secondary N) is 2. The van der Waals surface area contributed by atoms with E-state index in [9.17, 15) is 31.1 Å². The van der Waals surface area contributed by atoms with Crippen LogP contribution in [0.25, 0.3) is 0 Å². The van der Waals surface area contributed by atoms with E-state index in [1.165, 1.54) is 36.5 Å². The normalized spacial score (nSPS) is 13.0. The van der Waals surface area contributed by atoms with Crippen LogP contribution in [0.3, 0.4) is 0 Å². The van der Waals surface area contributed by atoms with Gasteiger partial charge in [-0.1, -0.05) is 47.5 Å². The van der Waals surface area contributed by atoms with Gasteiger partial charge in [-0.2, -0.15) is 17.6 Å². The van der Waals surface area contributed by atoms with Gasteiger partial charge in [0.05, 0.1) is 10.7 Å². The second kappa shape index (κ2) is 12.1. The van der Waals surface area contributed by atoms with Crippen molar-refractivity contribution >= 4 is 23.3 Å². The molecule has 0 radical (unpaired) electrons. The minimum atomic E-state index is -4.93. The summed E-state index contributed by atoms with van der Waals surface area (Å²) in [6.45, 7) is 1.85. The molecule has 4 rings (SSSR count). The Kier molecular flexibility index (Phi) is 8.77. The van der Waals surface area contributed by atoms with Gasteiger partial charge in [-0.05, 0) is 60.5 Å². The smallest absolute Gasteiger partial charge is 0.428 e. The minimum absolute atomic E-state index is 0.0793. The Hall–Kier alpha value is -4.25. The van der Waals surface area contributed by atoms with Crippen LogP contribution in [0, 0.1) is 18.6 Å². The maximum absolute atomic E-state index is 14.9. The number of hydrogen-bond donors (Lipinski definition) is 2. The number of anilines is 1. The van der Waals surface area contributed by atoms with Crippen molar-refractivity contribution in [1.82, 2.24) is 10.3 Å². The lowest BCUT2D eigenvalue weighted by atomic mass is 9.80. The lowest BCUT2D eigenvalue weighted by molar-refractivity contribution is -0.253. The molecular formula is C29H22ClF6N3O2. The molecule has 1 atom stereocenters. The number of hydrogen-bond acceptors (Lipinski definition) is 3. The third-order valence-corrected chi connectivity index (χ3v) is 6.26. The molecule has 0 spiro atoms. The van der Waals surface area contributed by atoms with Crippen molar-refractivity contribution in [2.45, 2.75) is 31.4 Å². The summed E-state index contributed by atoms with van der Waals surface area (Å²) in [5.74, 6) is -2.66. The first kappa shape index (κ1) is 29.7. The minimum Gasteiger partial charge on any atom is -0.428 e. The fourth-order valence-corrected chi connectivity index (χ4v) is 4.27. The van der Waals surface area contributed by atoms with E-state index in [4.69, 9.17) is 11.6 Å². The number of benzene rings is 3. The highest BCUT2D eigenvalue weighted by Crippen LogP contribution is 2.37. The van der Waals surface area contributed by atoms with E-state index < -0.39 is 41.5 Å². The van der Waals surface area contributed by atoms with Crippen LogP contribution in [0.15, 0.2) is 85.1 Å². The predicted molar refractivity (Wildman–Crippen MR) is 141 cm³/mol. The molecule has 12 heteroatoms. The first-order chi connectivity index (χ1) is 19.4. The fraction of sp³-hybridized carbons (Fsp3) is 0.172. The van der Waals surface area contributed by atoms with Gasteiger partial charge in [0.1, 0.15) is 22.9 Å². The highest BCUT2D eigenvalue weighted by Gasteiger charge is 2.45. The van der Waals surface area contributed by atoms with Crippen molar-refractivity contribution < 1.29 is 35.9 Å². The third-order valence-electron chi connectivity index (χ3n) is 6.04. The molecule has 2 N–H and O–H groups in total. The van der Waals surface area contributed by atoms with E-state index in [1.54, 1.807) is 24.3 Å². The number of carbonyl (C=O) groups is 1. The number of nitrogens with zero attached hydrogens (tertiary/aromatic N) is 1. The Morgan fingerprint density at radius 1 is 0.976 bits per heavy atom. The molecule has 0 saturated heterocycles. The largest absolute Gasteiger partial charge is 0.461 e. The number of halogens is 7. The zero-order valence-corrected chi connectivity index (χ0v) is 22.0. The van der Waals surface area contributed by atoms with Crippen LogP contribution in [0.4, 0.5) is 36.8 Å². The van der Waals surface area contributed by atoms with Gasteiger partial charge in [-0.25, -0.2) is 13.6 Å². The standard InChI is InChI=1S/C29H22ClF6N3O2/c1-17-5-7-18(8-6-17)15-28(25-10-9-20(30)16-37-25,39-27(40)38-23-4-2-3-21(31)13-23)19-11-22(32)14-24(12-19)41-29(35,36)26(33)34/h2-14,16,26H,15H2,1H3,(H2,38,39,40)/t28-/m0/s1. The van der Waals surface area contributed by atoms with Gasteiger partial charge in [-0.15, -0.1) is 0 Å². The maximum Gasteiger partial charge on any atom is 0.461 e. The molecule has 41 heavy (non-hydrogen) atoms. The van der Waals surface area contributed by atoms with Gasteiger partial charge >= 0.3 is 18.6 Å². The summed E-state index contributed by atoms with van der Waals surface area (Å²) in [6, 6.07) is 16.4. The number of rotatable bonds is 9. The monoisotopic (exact) mass is 593 g/mol. The molecule has 0 aliphatic rings. The molecule has 4 aromatic rings. The van der Waals surface area contributed by atoms with Crippen molar-refractivity contribution in [3.63, 3.8) is 0 Å². The summed E-state index contributed by atoms with van der Waals surface area (Å²) in [6.07, 6.45) is -7.98. The zero-order chi connectivity index (χ0) is 29.8. The van der Waals surface area contributed by atoms with Crippen LogP contribution in [0.5, 0.6) is 5.75 Å². The van der Waals surface area contributed by atoms with Gasteiger partial charge in [0.15, 0.2) is 0 Å². The molecule has 0 bridgehead atoms. The molecule has 0 fully saturated rings. The maximum atomic E-state index is 14.9. The van der Waals surface area contributed by atoms with Crippen molar-refractivity contribution in [3.8, 4) is 5.75 Å². The van der Waals surface area contributed by atoms with E-state index in [0.29, 0.717) is 11.6 Å². The number of urea groups is 1. The molecule has 5 nitrogen and oxygen atoms in total. The fourth-order valence-electron chi connectivity index (χ4n) is 4.15. The summed E-state index contributed by atoms with van der Waals surface area (Å²) < 4.78 is 86.2. The van der Waals surface area contributed by atoms with Crippen LogP contribution in [0.1, 0.15) is 22.4 Å². The average molecular weight is 594 g/mol. The molecule has 2 amide bonds. The zero-order valence-electron chi connectivity index (χ0n) is 21.3. The van der Waals surface area contributed by atoms with Gasteiger partial charge in [0.25, 0.3) is 0 Å².